The highest BCUT2D eigenvalue weighted by Gasteiger charge is 2.20. The van der Waals surface area contributed by atoms with Gasteiger partial charge in [-0.25, -0.2) is 4.98 Å². The number of methoxy groups -OCH3 is 2. The van der Waals surface area contributed by atoms with Crippen LogP contribution in [-0.2, 0) is 17.6 Å². The fourth-order valence-electron chi connectivity index (χ4n) is 3.24. The Morgan fingerprint density at radius 1 is 1.17 bits per heavy atom. The maximum atomic E-state index is 5.91. The fourth-order valence-corrected chi connectivity index (χ4v) is 3.24. The molecule has 1 aliphatic carbocycles. The molecule has 128 valence electrons. The molecule has 1 aliphatic rings. The topological polar surface area (TPSA) is 40.6 Å². The van der Waals surface area contributed by atoms with Crippen LogP contribution in [0.1, 0.15) is 43.0 Å². The van der Waals surface area contributed by atoms with E-state index >= 15 is 0 Å². The van der Waals surface area contributed by atoms with Crippen molar-refractivity contribution in [1.82, 2.24) is 4.98 Å². The molecular formula is C20H25NO3. The van der Waals surface area contributed by atoms with Gasteiger partial charge in [0.2, 0.25) is 5.88 Å². The Bertz CT molecular complexity index is 752. The van der Waals surface area contributed by atoms with Crippen molar-refractivity contribution in [3.63, 3.8) is 0 Å². The minimum Gasteiger partial charge on any atom is -0.480 e. The monoisotopic (exact) mass is 327 g/mol. The van der Waals surface area contributed by atoms with Gasteiger partial charge in [0.25, 0.3) is 0 Å². The van der Waals surface area contributed by atoms with Gasteiger partial charge < -0.3 is 14.2 Å². The first-order chi connectivity index (χ1) is 11.8. The van der Waals surface area contributed by atoms with Gasteiger partial charge in [-0.05, 0) is 42.3 Å². The first-order valence-electron chi connectivity index (χ1n) is 8.60. The van der Waals surface area contributed by atoms with Crippen molar-refractivity contribution in [2.45, 2.75) is 39.0 Å². The summed E-state index contributed by atoms with van der Waals surface area (Å²) in [5.74, 6) is 1.47. The SMILES string of the molecule is CCCCCc1cc2cc3c(c(OCOC)c2c(OC)n1)CC=C3. The van der Waals surface area contributed by atoms with Crippen molar-refractivity contribution in [2.24, 2.45) is 0 Å². The van der Waals surface area contributed by atoms with E-state index < -0.39 is 0 Å². The van der Waals surface area contributed by atoms with E-state index in [1.54, 1.807) is 14.2 Å². The Morgan fingerprint density at radius 2 is 2.04 bits per heavy atom. The van der Waals surface area contributed by atoms with Gasteiger partial charge in [-0.2, -0.15) is 0 Å². The molecule has 0 N–H and O–H groups in total. The smallest absolute Gasteiger partial charge is 0.225 e. The van der Waals surface area contributed by atoms with Crippen LogP contribution in [0.15, 0.2) is 18.2 Å². The molecule has 0 aliphatic heterocycles. The van der Waals surface area contributed by atoms with Crippen molar-refractivity contribution in [1.29, 1.82) is 0 Å². The third-order valence-electron chi connectivity index (χ3n) is 4.40. The lowest BCUT2D eigenvalue weighted by atomic mass is 10.0. The van der Waals surface area contributed by atoms with Gasteiger partial charge in [0.15, 0.2) is 6.79 Å². The summed E-state index contributed by atoms with van der Waals surface area (Å²) in [5.41, 5.74) is 3.46. The molecule has 0 bridgehead atoms. The molecule has 0 saturated heterocycles. The molecule has 0 spiro atoms. The Kier molecular flexibility index (Phi) is 5.36. The molecule has 0 atom stereocenters. The molecule has 0 amide bonds. The molecule has 1 aromatic carbocycles. The first kappa shape index (κ1) is 16.8. The summed E-state index contributed by atoms with van der Waals surface area (Å²) in [6.07, 6.45) is 9.72. The second kappa shape index (κ2) is 7.67. The maximum Gasteiger partial charge on any atom is 0.225 e. The number of allylic oxidation sites excluding steroid dienone is 1. The normalized spacial score (nSPS) is 12.6. The second-order valence-corrected chi connectivity index (χ2v) is 6.11. The van der Waals surface area contributed by atoms with E-state index in [-0.39, 0.29) is 6.79 Å². The lowest BCUT2D eigenvalue weighted by Gasteiger charge is -2.16. The molecule has 0 radical (unpaired) electrons. The van der Waals surface area contributed by atoms with Gasteiger partial charge in [0.05, 0.1) is 12.5 Å². The van der Waals surface area contributed by atoms with Crippen molar-refractivity contribution < 1.29 is 14.2 Å². The zero-order valence-electron chi connectivity index (χ0n) is 14.7. The van der Waals surface area contributed by atoms with Gasteiger partial charge in [0, 0.05) is 18.4 Å². The van der Waals surface area contributed by atoms with Crippen LogP contribution < -0.4 is 9.47 Å². The third-order valence-corrected chi connectivity index (χ3v) is 4.40. The van der Waals surface area contributed by atoms with E-state index in [9.17, 15) is 0 Å². The summed E-state index contributed by atoms with van der Waals surface area (Å²) in [7, 11) is 3.30. The predicted molar refractivity (Wildman–Crippen MR) is 96.8 cm³/mol. The molecular weight excluding hydrogens is 302 g/mol. The highest BCUT2D eigenvalue weighted by Crippen LogP contribution is 2.41. The number of benzene rings is 1. The zero-order chi connectivity index (χ0) is 16.9. The number of ether oxygens (including phenoxy) is 3. The fraction of sp³-hybridized carbons (Fsp3) is 0.450. The minimum absolute atomic E-state index is 0.215. The Hall–Kier alpha value is -2.07. The van der Waals surface area contributed by atoms with E-state index in [2.05, 4.69) is 31.2 Å². The quantitative estimate of drug-likeness (QED) is 0.528. The standard InChI is InChI=1S/C20H25NO3/c1-4-5-6-9-16-12-15-11-14-8-7-10-17(14)19(24-13-22-2)18(15)20(21-16)23-3/h7-8,11-12H,4-6,9-10,13H2,1-3H3. The van der Waals surface area contributed by atoms with Gasteiger partial charge >= 0.3 is 0 Å². The van der Waals surface area contributed by atoms with Gasteiger partial charge in [-0.3, -0.25) is 0 Å². The first-order valence-corrected chi connectivity index (χ1v) is 8.60. The highest BCUT2D eigenvalue weighted by molar-refractivity contribution is 5.97. The number of aromatic nitrogens is 1. The van der Waals surface area contributed by atoms with E-state index in [4.69, 9.17) is 19.2 Å². The van der Waals surface area contributed by atoms with Crippen molar-refractivity contribution in [3.8, 4) is 11.6 Å². The molecule has 0 unspecified atom stereocenters. The summed E-state index contributed by atoms with van der Waals surface area (Å²) in [4.78, 5) is 4.72. The number of hydrogen-bond acceptors (Lipinski definition) is 4. The number of fused-ring (bicyclic) bond motifs is 2. The average molecular weight is 327 g/mol. The lowest BCUT2D eigenvalue weighted by molar-refractivity contribution is 0.0515. The molecule has 4 nitrogen and oxygen atoms in total. The Balaban J connectivity index is 2.10. The Morgan fingerprint density at radius 3 is 2.79 bits per heavy atom. The van der Waals surface area contributed by atoms with Crippen LogP contribution in [0.4, 0.5) is 0 Å². The Labute approximate surface area is 143 Å². The minimum atomic E-state index is 0.215. The molecule has 0 fully saturated rings. The van der Waals surface area contributed by atoms with E-state index in [1.165, 1.54) is 24.0 Å². The number of aryl methyl sites for hydroxylation is 1. The lowest BCUT2D eigenvalue weighted by Crippen LogP contribution is -2.05. The summed E-state index contributed by atoms with van der Waals surface area (Å²) in [5, 5.41) is 2.06. The van der Waals surface area contributed by atoms with Crippen LogP contribution in [0.25, 0.3) is 16.8 Å². The van der Waals surface area contributed by atoms with E-state index in [0.29, 0.717) is 5.88 Å². The molecule has 1 heterocycles. The van der Waals surface area contributed by atoms with Crippen LogP contribution in [0.3, 0.4) is 0 Å². The summed E-state index contributed by atoms with van der Waals surface area (Å²) in [6.45, 7) is 2.43. The molecule has 4 heteroatoms. The van der Waals surface area contributed by atoms with Gasteiger partial charge in [0.1, 0.15) is 5.75 Å². The van der Waals surface area contributed by atoms with E-state index in [1.807, 2.05) is 0 Å². The summed E-state index contributed by atoms with van der Waals surface area (Å²) in [6, 6.07) is 4.38. The summed E-state index contributed by atoms with van der Waals surface area (Å²) < 4.78 is 16.6. The van der Waals surface area contributed by atoms with Crippen molar-refractivity contribution in [2.75, 3.05) is 21.0 Å². The maximum absolute atomic E-state index is 5.91. The number of pyridine rings is 1. The zero-order valence-corrected chi connectivity index (χ0v) is 14.7. The second-order valence-electron chi connectivity index (χ2n) is 6.11. The molecule has 1 aromatic heterocycles. The third kappa shape index (κ3) is 3.24. The van der Waals surface area contributed by atoms with Gasteiger partial charge in [-0.15, -0.1) is 0 Å². The van der Waals surface area contributed by atoms with Crippen LogP contribution in [-0.4, -0.2) is 26.0 Å². The summed E-state index contributed by atoms with van der Waals surface area (Å²) >= 11 is 0. The molecule has 2 aromatic rings. The highest BCUT2D eigenvalue weighted by atomic mass is 16.7. The van der Waals surface area contributed by atoms with Crippen LogP contribution in [0.5, 0.6) is 11.6 Å². The number of nitrogens with zero attached hydrogens (tertiary/aromatic N) is 1. The average Bonchev–Trinajstić information content (AvgIpc) is 3.06. The van der Waals surface area contributed by atoms with Crippen molar-refractivity contribution >= 4 is 16.8 Å². The van der Waals surface area contributed by atoms with Gasteiger partial charge in [-0.1, -0.05) is 31.9 Å². The van der Waals surface area contributed by atoms with Crippen LogP contribution in [0, 0.1) is 0 Å². The molecule has 24 heavy (non-hydrogen) atoms. The largest absolute Gasteiger partial charge is 0.480 e. The van der Waals surface area contributed by atoms with E-state index in [0.717, 1.165) is 41.5 Å². The number of hydrogen-bond donors (Lipinski definition) is 0. The predicted octanol–water partition coefficient (Wildman–Crippen LogP) is 4.53. The number of rotatable bonds is 8. The molecule has 0 saturated carbocycles. The molecule has 3 rings (SSSR count). The van der Waals surface area contributed by atoms with Crippen molar-refractivity contribution in [3.05, 3.63) is 35.0 Å². The van der Waals surface area contributed by atoms with Crippen LogP contribution in [0.2, 0.25) is 0 Å². The number of unbranched alkanes of at least 4 members (excludes halogenated alkanes) is 2. The van der Waals surface area contributed by atoms with Crippen LogP contribution >= 0.6 is 0 Å².